The van der Waals surface area contributed by atoms with Gasteiger partial charge in [0.05, 0.1) is 19.3 Å². The van der Waals surface area contributed by atoms with Crippen molar-refractivity contribution in [3.63, 3.8) is 0 Å². The first-order chi connectivity index (χ1) is 11.4. The smallest absolute Gasteiger partial charge is 0.165 e. The number of benzene rings is 2. The van der Waals surface area contributed by atoms with Crippen LogP contribution in [-0.2, 0) is 13.0 Å². The molecule has 2 aromatic carbocycles. The highest BCUT2D eigenvalue weighted by atomic mass is 35.5. The number of likely N-dealkylation sites (N-methyl/N-ethyl adjacent to an activating group) is 1. The Labute approximate surface area is 150 Å². The van der Waals surface area contributed by atoms with Crippen molar-refractivity contribution >= 4 is 23.2 Å². The maximum Gasteiger partial charge on any atom is 0.165 e. The van der Waals surface area contributed by atoms with E-state index in [1.807, 2.05) is 24.1 Å². The van der Waals surface area contributed by atoms with Crippen LogP contribution in [0.25, 0.3) is 0 Å². The van der Waals surface area contributed by atoms with Gasteiger partial charge in [0.25, 0.3) is 0 Å². The molecule has 1 aliphatic carbocycles. The first-order valence-electron chi connectivity index (χ1n) is 7.59. The van der Waals surface area contributed by atoms with Crippen LogP contribution in [-0.4, -0.2) is 30.3 Å². The van der Waals surface area contributed by atoms with Crippen molar-refractivity contribution in [2.45, 2.75) is 25.1 Å². The Hall–Kier alpha value is -1.33. The van der Waals surface area contributed by atoms with Crippen LogP contribution in [0.3, 0.4) is 0 Å². The van der Waals surface area contributed by atoms with E-state index >= 15 is 0 Å². The van der Waals surface area contributed by atoms with E-state index in [9.17, 15) is 9.50 Å². The van der Waals surface area contributed by atoms with E-state index in [2.05, 4.69) is 0 Å². The molecule has 0 bridgehead atoms. The predicted molar refractivity (Wildman–Crippen MR) is 93.3 cm³/mol. The standard InChI is InChI=1S/C18H18Cl2FNO2/c1-22(9-10-3-4-17(24-2)15(21)5-10)18-13-6-11(19)7-14(20)12(13)8-16(18)23/h3-7,16,18,23H,8-9H2,1-2H3. The summed E-state index contributed by atoms with van der Waals surface area (Å²) in [6.45, 7) is 0.478. The summed E-state index contributed by atoms with van der Waals surface area (Å²) in [4.78, 5) is 1.98. The van der Waals surface area contributed by atoms with Crippen LogP contribution < -0.4 is 4.74 Å². The van der Waals surface area contributed by atoms with E-state index in [1.54, 1.807) is 12.1 Å². The average molecular weight is 370 g/mol. The molecular weight excluding hydrogens is 352 g/mol. The molecule has 2 aromatic rings. The van der Waals surface area contributed by atoms with Gasteiger partial charge in [-0.05, 0) is 48.0 Å². The van der Waals surface area contributed by atoms with Gasteiger partial charge >= 0.3 is 0 Å². The van der Waals surface area contributed by atoms with Gasteiger partial charge in [-0.25, -0.2) is 4.39 Å². The fourth-order valence-electron chi connectivity index (χ4n) is 3.36. The number of nitrogens with zero attached hydrogens (tertiary/aromatic N) is 1. The van der Waals surface area contributed by atoms with E-state index in [0.717, 1.165) is 16.7 Å². The Morgan fingerprint density at radius 3 is 2.71 bits per heavy atom. The van der Waals surface area contributed by atoms with Crippen LogP contribution >= 0.6 is 23.2 Å². The van der Waals surface area contributed by atoms with E-state index in [1.165, 1.54) is 13.2 Å². The molecule has 0 amide bonds. The fraction of sp³-hybridized carbons (Fsp3) is 0.333. The average Bonchev–Trinajstić information content (AvgIpc) is 2.84. The molecule has 0 saturated heterocycles. The molecule has 2 unspecified atom stereocenters. The predicted octanol–water partition coefficient (Wildman–Crippen LogP) is 4.23. The summed E-state index contributed by atoms with van der Waals surface area (Å²) in [6, 6.07) is 8.16. The first kappa shape index (κ1) is 17.5. The number of fused-ring (bicyclic) bond motifs is 1. The molecule has 1 aliphatic rings. The summed E-state index contributed by atoms with van der Waals surface area (Å²) < 4.78 is 18.8. The Morgan fingerprint density at radius 2 is 2.04 bits per heavy atom. The van der Waals surface area contributed by atoms with Gasteiger partial charge < -0.3 is 9.84 Å². The minimum absolute atomic E-state index is 0.214. The fourth-order valence-corrected chi connectivity index (χ4v) is 3.94. The van der Waals surface area contributed by atoms with Crippen LogP contribution in [0.5, 0.6) is 5.75 Å². The molecule has 0 saturated carbocycles. The summed E-state index contributed by atoms with van der Waals surface area (Å²) >= 11 is 12.4. The van der Waals surface area contributed by atoms with Crippen LogP contribution in [0.2, 0.25) is 10.0 Å². The second kappa shape index (κ2) is 6.89. The molecule has 0 aliphatic heterocycles. The second-order valence-electron chi connectivity index (χ2n) is 6.06. The number of aliphatic hydroxyl groups is 1. The van der Waals surface area contributed by atoms with Crippen molar-refractivity contribution in [1.82, 2.24) is 4.90 Å². The van der Waals surface area contributed by atoms with Crippen LogP contribution in [0.1, 0.15) is 22.7 Å². The first-order valence-corrected chi connectivity index (χ1v) is 8.35. The maximum atomic E-state index is 13.9. The zero-order valence-corrected chi connectivity index (χ0v) is 14.9. The zero-order chi connectivity index (χ0) is 17.4. The van der Waals surface area contributed by atoms with Crippen molar-refractivity contribution in [2.24, 2.45) is 0 Å². The summed E-state index contributed by atoms with van der Waals surface area (Å²) in [5, 5.41) is 11.6. The molecule has 1 N–H and O–H groups in total. The molecule has 0 radical (unpaired) electrons. The van der Waals surface area contributed by atoms with Gasteiger partial charge in [-0.3, -0.25) is 4.90 Å². The molecular formula is C18H18Cl2FNO2. The van der Waals surface area contributed by atoms with Gasteiger partial charge in [-0.15, -0.1) is 0 Å². The van der Waals surface area contributed by atoms with Crippen molar-refractivity contribution in [1.29, 1.82) is 0 Å². The number of hydrogen-bond acceptors (Lipinski definition) is 3. The molecule has 24 heavy (non-hydrogen) atoms. The van der Waals surface area contributed by atoms with E-state index in [4.69, 9.17) is 27.9 Å². The Bertz CT molecular complexity index is 769. The van der Waals surface area contributed by atoms with Crippen molar-refractivity contribution < 1.29 is 14.2 Å². The molecule has 3 rings (SSSR count). The van der Waals surface area contributed by atoms with Gasteiger partial charge in [-0.1, -0.05) is 29.3 Å². The number of ether oxygens (including phenoxy) is 1. The number of methoxy groups -OCH3 is 1. The molecule has 3 nitrogen and oxygen atoms in total. The highest BCUT2D eigenvalue weighted by Crippen LogP contribution is 2.41. The van der Waals surface area contributed by atoms with Crippen molar-refractivity contribution in [3.8, 4) is 5.75 Å². The van der Waals surface area contributed by atoms with Crippen molar-refractivity contribution in [3.05, 3.63) is 62.9 Å². The summed E-state index contributed by atoms with van der Waals surface area (Å²) in [6.07, 6.45) is -0.0961. The van der Waals surface area contributed by atoms with Crippen molar-refractivity contribution in [2.75, 3.05) is 14.2 Å². The third-order valence-electron chi connectivity index (χ3n) is 4.41. The Morgan fingerprint density at radius 1 is 1.29 bits per heavy atom. The van der Waals surface area contributed by atoms with E-state index in [0.29, 0.717) is 23.0 Å². The van der Waals surface area contributed by atoms with Gasteiger partial charge in [-0.2, -0.15) is 0 Å². The SMILES string of the molecule is COc1ccc(CN(C)C2c3cc(Cl)cc(Cl)c3CC2O)cc1F. The molecule has 0 aromatic heterocycles. The quantitative estimate of drug-likeness (QED) is 0.874. The second-order valence-corrected chi connectivity index (χ2v) is 6.90. The number of halogens is 3. The largest absolute Gasteiger partial charge is 0.494 e. The zero-order valence-electron chi connectivity index (χ0n) is 13.4. The van der Waals surface area contributed by atoms with Crippen LogP contribution in [0, 0.1) is 5.82 Å². The summed E-state index contributed by atoms with van der Waals surface area (Å²) in [5.41, 5.74) is 2.65. The Balaban J connectivity index is 1.86. The minimum Gasteiger partial charge on any atom is -0.494 e. The third-order valence-corrected chi connectivity index (χ3v) is 4.97. The Kier molecular flexibility index (Phi) is 5.02. The third kappa shape index (κ3) is 3.24. The van der Waals surface area contributed by atoms with Gasteiger partial charge in [0.2, 0.25) is 0 Å². The topological polar surface area (TPSA) is 32.7 Å². The van der Waals surface area contributed by atoms with Gasteiger partial charge in [0.1, 0.15) is 0 Å². The normalized spacial score (nSPS) is 19.6. The molecule has 2 atom stereocenters. The van der Waals surface area contributed by atoms with E-state index < -0.39 is 11.9 Å². The number of hydrogen-bond donors (Lipinski definition) is 1. The molecule has 0 fully saturated rings. The molecule has 128 valence electrons. The lowest BCUT2D eigenvalue weighted by Crippen LogP contribution is -2.30. The summed E-state index contributed by atoms with van der Waals surface area (Å²) in [7, 11) is 3.32. The van der Waals surface area contributed by atoms with Gasteiger partial charge in [0, 0.05) is 23.0 Å². The lowest BCUT2D eigenvalue weighted by atomic mass is 10.1. The highest BCUT2D eigenvalue weighted by Gasteiger charge is 2.35. The molecule has 6 heteroatoms. The number of rotatable bonds is 4. The lowest BCUT2D eigenvalue weighted by Gasteiger charge is -2.28. The lowest BCUT2D eigenvalue weighted by molar-refractivity contribution is 0.0724. The molecule has 0 spiro atoms. The highest BCUT2D eigenvalue weighted by molar-refractivity contribution is 6.35. The van der Waals surface area contributed by atoms with Gasteiger partial charge in [0.15, 0.2) is 11.6 Å². The number of aliphatic hydroxyl groups excluding tert-OH is 1. The maximum absolute atomic E-state index is 13.9. The minimum atomic E-state index is -0.580. The summed E-state index contributed by atoms with van der Waals surface area (Å²) in [5.74, 6) is -0.187. The monoisotopic (exact) mass is 369 g/mol. The molecule has 0 heterocycles. The van der Waals surface area contributed by atoms with Crippen LogP contribution in [0.4, 0.5) is 4.39 Å². The van der Waals surface area contributed by atoms with E-state index in [-0.39, 0.29) is 11.8 Å². The van der Waals surface area contributed by atoms with Crippen LogP contribution in [0.15, 0.2) is 30.3 Å².